The maximum Gasteiger partial charge on any atom is 0.296 e. The van der Waals surface area contributed by atoms with E-state index in [4.69, 9.17) is 23.2 Å². The van der Waals surface area contributed by atoms with Gasteiger partial charge in [-0.1, -0.05) is 53.5 Å². The van der Waals surface area contributed by atoms with Crippen LogP contribution in [0.25, 0.3) is 11.4 Å². The van der Waals surface area contributed by atoms with Crippen LogP contribution in [0.15, 0.2) is 57.6 Å². The van der Waals surface area contributed by atoms with Crippen LogP contribution in [0.1, 0.15) is 12.8 Å². The molecular formula is C22H24Cl2N6O5S. The first-order valence-corrected chi connectivity index (χ1v) is 13.0. The minimum Gasteiger partial charge on any atom is -0.396 e. The zero-order chi connectivity index (χ0) is 26.1. The molecule has 2 aromatic carbocycles. The van der Waals surface area contributed by atoms with Gasteiger partial charge in [-0.2, -0.15) is 8.42 Å². The van der Waals surface area contributed by atoms with Crippen molar-refractivity contribution < 1.29 is 23.2 Å². The number of aromatic nitrogens is 2. The van der Waals surface area contributed by atoms with Crippen molar-refractivity contribution >= 4 is 56.3 Å². The van der Waals surface area contributed by atoms with Crippen molar-refractivity contribution in [1.29, 1.82) is 0 Å². The molecule has 3 rings (SSSR count). The Morgan fingerprint density at radius 1 is 0.861 bits per heavy atom. The van der Waals surface area contributed by atoms with Gasteiger partial charge in [0.15, 0.2) is 23.1 Å². The predicted octanol–water partition coefficient (Wildman–Crippen LogP) is 4.70. The average Bonchev–Trinajstić information content (AvgIpc) is 2.85. The van der Waals surface area contributed by atoms with Crippen LogP contribution in [0.3, 0.4) is 0 Å². The van der Waals surface area contributed by atoms with Gasteiger partial charge in [0, 0.05) is 31.9 Å². The minimum atomic E-state index is -4.58. The Kier molecular flexibility index (Phi) is 9.93. The van der Waals surface area contributed by atoms with Crippen LogP contribution in [-0.2, 0) is 10.1 Å². The smallest absolute Gasteiger partial charge is 0.296 e. The molecule has 14 heteroatoms. The molecule has 0 saturated carbocycles. The summed E-state index contributed by atoms with van der Waals surface area (Å²) in [6.07, 6.45) is 0.903. The molecule has 0 amide bonds. The number of nitrogens with one attached hydrogen (secondary N) is 2. The van der Waals surface area contributed by atoms with Gasteiger partial charge in [-0.25, -0.2) is 9.97 Å². The summed E-state index contributed by atoms with van der Waals surface area (Å²) >= 11 is 12.1. The third-order valence-electron chi connectivity index (χ3n) is 4.71. The Morgan fingerprint density at radius 3 is 1.97 bits per heavy atom. The first-order chi connectivity index (χ1) is 17.2. The van der Waals surface area contributed by atoms with E-state index in [0.717, 1.165) is 17.7 Å². The Morgan fingerprint density at radius 2 is 1.44 bits per heavy atom. The molecule has 0 aliphatic carbocycles. The lowest BCUT2D eigenvalue weighted by Crippen LogP contribution is -2.11. The number of anilines is 2. The highest BCUT2D eigenvalue weighted by atomic mass is 35.5. The summed E-state index contributed by atoms with van der Waals surface area (Å²) in [5.41, 5.74) is 1.02. The van der Waals surface area contributed by atoms with Gasteiger partial charge in [-0.15, -0.1) is 10.2 Å². The second-order valence-electron chi connectivity index (χ2n) is 7.38. The summed E-state index contributed by atoms with van der Waals surface area (Å²) in [5.74, 6) is 1.06. The Hall–Kier alpha value is -2.87. The number of hydrogen-bond acceptors (Lipinski definition) is 10. The minimum absolute atomic E-state index is 0.0314. The zero-order valence-electron chi connectivity index (χ0n) is 18.9. The van der Waals surface area contributed by atoms with E-state index >= 15 is 0 Å². The summed E-state index contributed by atoms with van der Waals surface area (Å²) in [6.45, 7) is 0.707. The van der Waals surface area contributed by atoms with Crippen molar-refractivity contribution in [3.05, 3.63) is 52.5 Å². The normalized spacial score (nSPS) is 11.7. The number of hydrogen-bond donors (Lipinski definition) is 5. The third-order valence-corrected chi connectivity index (χ3v) is 6.33. The SMILES string of the molecule is O=S(=O)(O)c1cc(Cl)c(N=Nc2c(NCCCO)nc(-c3ccccc3)nc2NCCCO)cc1Cl. The maximum absolute atomic E-state index is 11.5. The van der Waals surface area contributed by atoms with Crippen molar-refractivity contribution in [1.82, 2.24) is 9.97 Å². The van der Waals surface area contributed by atoms with E-state index in [1.54, 1.807) is 0 Å². The number of aliphatic hydroxyl groups excluding tert-OH is 2. The molecular weight excluding hydrogens is 531 g/mol. The number of benzene rings is 2. The van der Waals surface area contributed by atoms with E-state index in [2.05, 4.69) is 30.8 Å². The number of azo groups is 1. The zero-order valence-corrected chi connectivity index (χ0v) is 21.2. The molecule has 0 saturated heterocycles. The van der Waals surface area contributed by atoms with Gasteiger partial charge in [-0.05, 0) is 25.0 Å². The van der Waals surface area contributed by atoms with E-state index in [1.807, 2.05) is 30.3 Å². The molecule has 1 aromatic heterocycles. The summed E-state index contributed by atoms with van der Waals surface area (Å²) in [4.78, 5) is 8.61. The Bertz CT molecular complexity index is 1290. The lowest BCUT2D eigenvalue weighted by Gasteiger charge is -2.14. The highest BCUT2D eigenvalue weighted by Crippen LogP contribution is 2.38. The molecule has 5 N–H and O–H groups in total. The average molecular weight is 555 g/mol. The lowest BCUT2D eigenvalue weighted by molar-refractivity contribution is 0.292. The van der Waals surface area contributed by atoms with Crippen LogP contribution >= 0.6 is 23.2 Å². The van der Waals surface area contributed by atoms with Crippen molar-refractivity contribution in [2.75, 3.05) is 36.9 Å². The van der Waals surface area contributed by atoms with Gasteiger partial charge in [0.05, 0.1) is 10.0 Å². The number of aliphatic hydroxyl groups is 2. The highest BCUT2D eigenvalue weighted by Gasteiger charge is 2.19. The van der Waals surface area contributed by atoms with Crippen LogP contribution in [0.5, 0.6) is 0 Å². The van der Waals surface area contributed by atoms with Crippen molar-refractivity contribution in [3.8, 4) is 11.4 Å². The standard InChI is InChI=1S/C22H24Cl2N6O5S/c23-15-13-18(36(33,34)35)16(24)12-17(15)29-30-19-21(25-8-4-10-31)27-20(14-6-2-1-3-7-14)28-22(19)26-9-5-11-32/h1-3,6-7,12-13,31-32H,4-5,8-11H2,(H,33,34,35)(H2,25,26,27,28). The van der Waals surface area contributed by atoms with Crippen molar-refractivity contribution in [2.45, 2.75) is 17.7 Å². The molecule has 0 spiro atoms. The fourth-order valence-corrected chi connectivity index (χ4v) is 4.27. The van der Waals surface area contributed by atoms with E-state index in [0.29, 0.717) is 43.4 Å². The molecule has 192 valence electrons. The Balaban J connectivity index is 2.10. The second kappa shape index (κ2) is 12.9. The van der Waals surface area contributed by atoms with Gasteiger partial charge in [0.25, 0.3) is 10.1 Å². The molecule has 3 aromatic rings. The van der Waals surface area contributed by atoms with Crippen molar-refractivity contribution in [2.24, 2.45) is 10.2 Å². The first kappa shape index (κ1) is 27.7. The van der Waals surface area contributed by atoms with E-state index in [1.165, 1.54) is 0 Å². The maximum atomic E-state index is 11.5. The summed E-state index contributed by atoms with van der Waals surface area (Å²) in [6, 6.07) is 11.4. The van der Waals surface area contributed by atoms with Crippen LogP contribution < -0.4 is 10.6 Å². The molecule has 11 nitrogen and oxygen atoms in total. The lowest BCUT2D eigenvalue weighted by atomic mass is 10.2. The molecule has 0 atom stereocenters. The molecule has 0 radical (unpaired) electrons. The first-order valence-electron chi connectivity index (χ1n) is 10.8. The van der Waals surface area contributed by atoms with Gasteiger partial charge >= 0.3 is 0 Å². The van der Waals surface area contributed by atoms with Gasteiger partial charge in [0.2, 0.25) is 0 Å². The van der Waals surface area contributed by atoms with Crippen molar-refractivity contribution in [3.63, 3.8) is 0 Å². The van der Waals surface area contributed by atoms with Gasteiger partial charge in [-0.3, -0.25) is 4.55 Å². The topological polar surface area (TPSA) is 169 Å². The Labute approximate surface area is 218 Å². The second-order valence-corrected chi connectivity index (χ2v) is 9.58. The summed E-state index contributed by atoms with van der Waals surface area (Å²) in [5, 5.41) is 32.6. The summed E-state index contributed by atoms with van der Waals surface area (Å²) in [7, 11) is -4.58. The van der Waals surface area contributed by atoms with Gasteiger partial charge in [0.1, 0.15) is 10.6 Å². The van der Waals surface area contributed by atoms with E-state index in [-0.39, 0.29) is 34.6 Å². The van der Waals surface area contributed by atoms with Crippen LogP contribution in [-0.4, -0.2) is 59.5 Å². The monoisotopic (exact) mass is 554 g/mol. The number of rotatable bonds is 12. The third kappa shape index (κ3) is 7.32. The quantitative estimate of drug-likeness (QED) is 0.121. The van der Waals surface area contributed by atoms with Gasteiger partial charge < -0.3 is 20.8 Å². The molecule has 0 aliphatic rings. The fourth-order valence-electron chi connectivity index (χ4n) is 2.98. The molecule has 0 bridgehead atoms. The highest BCUT2D eigenvalue weighted by molar-refractivity contribution is 7.86. The number of nitrogens with zero attached hydrogens (tertiary/aromatic N) is 4. The van der Waals surface area contributed by atoms with Crippen LogP contribution in [0, 0.1) is 0 Å². The van der Waals surface area contributed by atoms with Crippen LogP contribution in [0.2, 0.25) is 10.0 Å². The molecule has 1 heterocycles. The molecule has 0 unspecified atom stereocenters. The van der Waals surface area contributed by atoms with E-state index in [9.17, 15) is 23.2 Å². The summed E-state index contributed by atoms with van der Waals surface area (Å²) < 4.78 is 32.2. The predicted molar refractivity (Wildman–Crippen MR) is 138 cm³/mol. The molecule has 0 aliphatic heterocycles. The molecule has 0 fully saturated rings. The number of halogens is 2. The van der Waals surface area contributed by atoms with E-state index < -0.39 is 15.0 Å². The van der Waals surface area contributed by atoms with Crippen LogP contribution in [0.4, 0.5) is 23.0 Å². The fraction of sp³-hybridized carbons (Fsp3) is 0.273. The molecule has 36 heavy (non-hydrogen) atoms. The largest absolute Gasteiger partial charge is 0.396 e.